The molecule has 0 saturated heterocycles. The van der Waals surface area contributed by atoms with E-state index in [4.69, 9.17) is 4.74 Å². The lowest BCUT2D eigenvalue weighted by molar-refractivity contribution is 0.0533. The van der Waals surface area contributed by atoms with Gasteiger partial charge in [0.15, 0.2) is 0 Å². The first-order valence-corrected chi connectivity index (χ1v) is 5.84. The minimum atomic E-state index is -0.467. The molecule has 0 fully saturated rings. The van der Waals surface area contributed by atoms with Gasteiger partial charge in [0.1, 0.15) is 5.60 Å². The van der Waals surface area contributed by atoms with Crippen LogP contribution >= 0.6 is 0 Å². The number of hydrogen-bond donors (Lipinski definition) is 1. The van der Waals surface area contributed by atoms with E-state index in [1.54, 1.807) is 6.08 Å². The van der Waals surface area contributed by atoms with Crippen LogP contribution in [0, 0.1) is 0 Å². The number of alkyl carbamates (subject to hydrolysis) is 1. The van der Waals surface area contributed by atoms with Crippen molar-refractivity contribution in [3.05, 3.63) is 36.5 Å². The molecule has 0 aliphatic carbocycles. The third-order valence-electron chi connectivity index (χ3n) is 1.74. The summed E-state index contributed by atoms with van der Waals surface area (Å²) < 4.78 is 5.14. The number of carbonyl (C=O) groups excluding carboxylic acids is 1. The quantitative estimate of drug-likeness (QED) is 0.742. The molecule has 0 heterocycles. The summed E-state index contributed by atoms with van der Waals surface area (Å²) in [6, 6.07) is 0. The van der Waals surface area contributed by atoms with Crippen molar-refractivity contribution >= 4 is 6.09 Å². The summed E-state index contributed by atoms with van der Waals surface area (Å²) >= 11 is 0. The number of hydrogen-bond acceptors (Lipinski definition) is 2. The lowest BCUT2D eigenvalue weighted by Crippen LogP contribution is -2.33. The lowest BCUT2D eigenvalue weighted by atomic mass is 10.2. The van der Waals surface area contributed by atoms with Crippen LogP contribution in [0.4, 0.5) is 4.79 Å². The minimum Gasteiger partial charge on any atom is -0.444 e. The summed E-state index contributed by atoms with van der Waals surface area (Å²) in [5.74, 6) is 0. The molecule has 0 radical (unpaired) electrons. The summed E-state index contributed by atoms with van der Waals surface area (Å²) in [5, 5.41) is 2.70. The molecule has 0 unspecified atom stereocenters. The molecule has 0 aromatic carbocycles. The topological polar surface area (TPSA) is 38.3 Å². The van der Waals surface area contributed by atoms with E-state index in [9.17, 15) is 4.79 Å². The zero-order valence-corrected chi connectivity index (χ0v) is 11.2. The van der Waals surface area contributed by atoms with Crippen molar-refractivity contribution < 1.29 is 9.53 Å². The van der Waals surface area contributed by atoms with Crippen LogP contribution in [0.15, 0.2) is 36.5 Å². The van der Waals surface area contributed by atoms with Gasteiger partial charge in [-0.1, -0.05) is 37.8 Å². The van der Waals surface area contributed by atoms with Crippen LogP contribution in [0.2, 0.25) is 0 Å². The Morgan fingerprint density at radius 3 is 2.53 bits per heavy atom. The van der Waals surface area contributed by atoms with Gasteiger partial charge in [0.25, 0.3) is 0 Å². The van der Waals surface area contributed by atoms with Gasteiger partial charge in [0.05, 0.1) is 0 Å². The number of allylic oxidation sites excluding steroid dienone is 3. The van der Waals surface area contributed by atoms with Crippen LogP contribution in [0.5, 0.6) is 0 Å². The third kappa shape index (κ3) is 9.42. The molecule has 3 heteroatoms. The molecule has 0 aromatic heterocycles. The average molecular weight is 237 g/mol. The maximum atomic E-state index is 11.4. The first-order valence-electron chi connectivity index (χ1n) is 5.84. The predicted molar refractivity (Wildman–Crippen MR) is 71.9 cm³/mol. The molecule has 0 aliphatic heterocycles. The monoisotopic (exact) mass is 237 g/mol. The molecule has 96 valence electrons. The molecule has 0 aliphatic rings. The van der Waals surface area contributed by atoms with Gasteiger partial charge in [-0.3, -0.25) is 0 Å². The van der Waals surface area contributed by atoms with Crippen molar-refractivity contribution in [2.75, 3.05) is 6.54 Å². The molecule has 3 nitrogen and oxygen atoms in total. The Morgan fingerprint density at radius 2 is 2.06 bits per heavy atom. The van der Waals surface area contributed by atoms with Crippen LogP contribution in [-0.2, 0) is 4.74 Å². The fraction of sp³-hybridized carbons (Fsp3) is 0.500. The predicted octanol–water partition coefficient (Wildman–Crippen LogP) is 3.59. The SMILES string of the molecule is C=C/C=C(\C=C/CC)CNC(=O)OC(C)(C)C. The number of amides is 1. The molecule has 0 bridgehead atoms. The Morgan fingerprint density at radius 1 is 1.41 bits per heavy atom. The first kappa shape index (κ1) is 15.5. The van der Waals surface area contributed by atoms with Crippen molar-refractivity contribution in [3.63, 3.8) is 0 Å². The summed E-state index contributed by atoms with van der Waals surface area (Å²) in [7, 11) is 0. The summed E-state index contributed by atoms with van der Waals surface area (Å²) in [6.07, 6.45) is 8.12. The van der Waals surface area contributed by atoms with Crippen LogP contribution in [0.3, 0.4) is 0 Å². The Balaban J connectivity index is 4.23. The zero-order chi connectivity index (χ0) is 13.3. The number of rotatable bonds is 5. The maximum absolute atomic E-state index is 11.4. The second kappa shape index (κ2) is 7.71. The van der Waals surface area contributed by atoms with Crippen molar-refractivity contribution in [1.29, 1.82) is 0 Å². The normalized spacial score (nSPS) is 12.6. The third-order valence-corrected chi connectivity index (χ3v) is 1.74. The van der Waals surface area contributed by atoms with E-state index >= 15 is 0 Å². The van der Waals surface area contributed by atoms with E-state index in [1.165, 1.54) is 0 Å². The Kier molecular flexibility index (Phi) is 7.03. The molecule has 0 rings (SSSR count). The van der Waals surface area contributed by atoms with Crippen LogP contribution < -0.4 is 5.32 Å². The average Bonchev–Trinajstić information content (AvgIpc) is 2.19. The smallest absolute Gasteiger partial charge is 0.407 e. The van der Waals surface area contributed by atoms with Crippen molar-refractivity contribution in [2.24, 2.45) is 0 Å². The zero-order valence-electron chi connectivity index (χ0n) is 11.2. The Hall–Kier alpha value is -1.51. The summed E-state index contributed by atoms with van der Waals surface area (Å²) in [5.41, 5.74) is 0.527. The highest BCUT2D eigenvalue weighted by Gasteiger charge is 2.15. The first-order chi connectivity index (χ1) is 7.89. The Bertz CT molecular complexity index is 309. The molecule has 17 heavy (non-hydrogen) atoms. The standard InChI is InChI=1S/C14H23NO2/c1-6-8-10-12(9-7-2)11-15-13(16)17-14(3,4)5/h7-10H,2,6,11H2,1,3-5H3,(H,15,16)/b10-8-,12-9+. The molecule has 0 aromatic rings. The molecule has 0 spiro atoms. The number of nitrogens with one attached hydrogen (secondary N) is 1. The highest BCUT2D eigenvalue weighted by atomic mass is 16.6. The fourth-order valence-electron chi connectivity index (χ4n) is 1.08. The van der Waals surface area contributed by atoms with Crippen LogP contribution in [0.1, 0.15) is 34.1 Å². The highest BCUT2D eigenvalue weighted by Crippen LogP contribution is 2.06. The van der Waals surface area contributed by atoms with E-state index < -0.39 is 11.7 Å². The molecular formula is C14H23NO2. The molecule has 1 amide bonds. The van der Waals surface area contributed by atoms with E-state index in [0.717, 1.165) is 12.0 Å². The molecular weight excluding hydrogens is 214 g/mol. The van der Waals surface area contributed by atoms with Gasteiger partial charge in [-0.15, -0.1) is 0 Å². The maximum Gasteiger partial charge on any atom is 0.407 e. The van der Waals surface area contributed by atoms with Gasteiger partial charge >= 0.3 is 6.09 Å². The van der Waals surface area contributed by atoms with Gasteiger partial charge in [0, 0.05) is 6.54 Å². The van der Waals surface area contributed by atoms with Crippen LogP contribution in [-0.4, -0.2) is 18.2 Å². The second-order valence-electron chi connectivity index (χ2n) is 4.64. The number of carbonyl (C=O) groups is 1. The Labute approximate surface area is 104 Å². The van der Waals surface area contributed by atoms with Crippen molar-refractivity contribution in [3.8, 4) is 0 Å². The molecule has 1 N–H and O–H groups in total. The lowest BCUT2D eigenvalue weighted by Gasteiger charge is -2.19. The summed E-state index contributed by atoms with van der Waals surface area (Å²) in [6.45, 7) is 11.7. The second-order valence-corrected chi connectivity index (χ2v) is 4.64. The van der Waals surface area contributed by atoms with Gasteiger partial charge < -0.3 is 10.1 Å². The number of ether oxygens (including phenoxy) is 1. The van der Waals surface area contributed by atoms with Gasteiger partial charge in [0.2, 0.25) is 0 Å². The minimum absolute atomic E-state index is 0.405. The van der Waals surface area contributed by atoms with E-state index in [-0.39, 0.29) is 0 Å². The molecule has 0 saturated carbocycles. The van der Waals surface area contributed by atoms with Gasteiger partial charge in [-0.2, -0.15) is 0 Å². The fourth-order valence-corrected chi connectivity index (χ4v) is 1.08. The van der Waals surface area contributed by atoms with E-state index in [1.807, 2.05) is 39.0 Å². The summed E-state index contributed by atoms with van der Waals surface area (Å²) in [4.78, 5) is 11.4. The molecule has 0 atom stereocenters. The van der Waals surface area contributed by atoms with Crippen molar-refractivity contribution in [1.82, 2.24) is 5.32 Å². The highest BCUT2D eigenvalue weighted by molar-refractivity contribution is 5.68. The van der Waals surface area contributed by atoms with Gasteiger partial charge in [-0.05, 0) is 32.8 Å². The van der Waals surface area contributed by atoms with E-state index in [0.29, 0.717) is 6.54 Å². The largest absolute Gasteiger partial charge is 0.444 e. The van der Waals surface area contributed by atoms with Crippen LogP contribution in [0.25, 0.3) is 0 Å². The van der Waals surface area contributed by atoms with E-state index in [2.05, 4.69) is 18.8 Å². The van der Waals surface area contributed by atoms with Crippen molar-refractivity contribution in [2.45, 2.75) is 39.7 Å². The van der Waals surface area contributed by atoms with Gasteiger partial charge in [-0.25, -0.2) is 4.79 Å².